The summed E-state index contributed by atoms with van der Waals surface area (Å²) in [7, 11) is 0. The van der Waals surface area contributed by atoms with Crippen LogP contribution in [0.4, 0.5) is 0 Å². The molecule has 0 spiro atoms. The number of aryl methyl sites for hydroxylation is 2. The van der Waals surface area contributed by atoms with Crippen LogP contribution < -0.4 is 5.32 Å². The summed E-state index contributed by atoms with van der Waals surface area (Å²) in [5.41, 5.74) is 3.49. The fourth-order valence-corrected chi connectivity index (χ4v) is 3.08. The molecule has 1 aliphatic rings. The molecule has 2 unspecified atom stereocenters. The van der Waals surface area contributed by atoms with Gasteiger partial charge in [-0.3, -0.25) is 0 Å². The van der Waals surface area contributed by atoms with Gasteiger partial charge in [0, 0.05) is 24.5 Å². The molecule has 4 nitrogen and oxygen atoms in total. The minimum atomic E-state index is 0.103. The molecule has 2 atom stereocenters. The van der Waals surface area contributed by atoms with Gasteiger partial charge in [0.15, 0.2) is 5.82 Å². The molecule has 1 saturated heterocycles. The first-order valence-electron chi connectivity index (χ1n) is 8.16. The van der Waals surface area contributed by atoms with Gasteiger partial charge in [-0.15, -0.1) is 0 Å². The molecule has 0 aromatic carbocycles. The van der Waals surface area contributed by atoms with Gasteiger partial charge in [0.1, 0.15) is 6.10 Å². The van der Waals surface area contributed by atoms with E-state index in [1.807, 2.05) is 0 Å². The summed E-state index contributed by atoms with van der Waals surface area (Å²) in [4.78, 5) is 9.43. The molecule has 0 amide bonds. The molecule has 1 aromatic rings. The Balaban J connectivity index is 2.08. The highest BCUT2D eigenvalue weighted by atomic mass is 16.5. The standard InChI is InChI=1S/C17H29N3O/c1-11(2)9-18-10-12(3)16-13(4)19-17(20-14(16)5)15-7-6-8-21-15/h11-12,15,18H,6-10H2,1-5H3. The van der Waals surface area contributed by atoms with Crippen molar-refractivity contribution >= 4 is 0 Å². The van der Waals surface area contributed by atoms with Crippen LogP contribution in [0.25, 0.3) is 0 Å². The summed E-state index contributed by atoms with van der Waals surface area (Å²) in [6, 6.07) is 0. The summed E-state index contributed by atoms with van der Waals surface area (Å²) >= 11 is 0. The summed E-state index contributed by atoms with van der Waals surface area (Å²) < 4.78 is 5.70. The van der Waals surface area contributed by atoms with Crippen molar-refractivity contribution in [2.75, 3.05) is 19.7 Å². The lowest BCUT2D eigenvalue weighted by Gasteiger charge is -2.19. The molecule has 1 N–H and O–H groups in total. The number of nitrogens with zero attached hydrogens (tertiary/aromatic N) is 2. The van der Waals surface area contributed by atoms with Crippen molar-refractivity contribution in [1.29, 1.82) is 0 Å². The van der Waals surface area contributed by atoms with Gasteiger partial charge in [0.25, 0.3) is 0 Å². The van der Waals surface area contributed by atoms with Crippen LogP contribution in [-0.4, -0.2) is 29.7 Å². The Morgan fingerprint density at radius 1 is 1.14 bits per heavy atom. The molecule has 0 aliphatic carbocycles. The Labute approximate surface area is 128 Å². The molecule has 1 fully saturated rings. The Morgan fingerprint density at radius 2 is 1.81 bits per heavy atom. The molecule has 4 heteroatoms. The Morgan fingerprint density at radius 3 is 2.33 bits per heavy atom. The van der Waals surface area contributed by atoms with Gasteiger partial charge in [-0.05, 0) is 50.6 Å². The Hall–Kier alpha value is -1.00. The molecule has 0 radical (unpaired) electrons. The molecule has 1 aliphatic heterocycles. The Bertz CT molecular complexity index is 444. The van der Waals surface area contributed by atoms with E-state index in [0.29, 0.717) is 11.8 Å². The first-order chi connectivity index (χ1) is 9.99. The summed E-state index contributed by atoms with van der Waals surface area (Å²) in [5, 5.41) is 3.53. The van der Waals surface area contributed by atoms with Gasteiger partial charge in [-0.25, -0.2) is 9.97 Å². The van der Waals surface area contributed by atoms with E-state index < -0.39 is 0 Å². The third kappa shape index (κ3) is 4.24. The maximum Gasteiger partial charge on any atom is 0.157 e. The third-order valence-electron chi connectivity index (χ3n) is 4.06. The van der Waals surface area contributed by atoms with Gasteiger partial charge in [-0.1, -0.05) is 20.8 Å². The second kappa shape index (κ2) is 7.32. The quantitative estimate of drug-likeness (QED) is 0.873. The number of hydrogen-bond acceptors (Lipinski definition) is 4. The lowest BCUT2D eigenvalue weighted by Crippen LogP contribution is -2.25. The van der Waals surface area contributed by atoms with Gasteiger partial charge in [-0.2, -0.15) is 0 Å². The van der Waals surface area contributed by atoms with Crippen molar-refractivity contribution in [3.8, 4) is 0 Å². The monoisotopic (exact) mass is 291 g/mol. The van der Waals surface area contributed by atoms with Gasteiger partial charge in [0.2, 0.25) is 0 Å². The molecular formula is C17H29N3O. The maximum atomic E-state index is 5.70. The molecule has 0 bridgehead atoms. The van der Waals surface area contributed by atoms with E-state index in [9.17, 15) is 0 Å². The van der Waals surface area contributed by atoms with Crippen molar-refractivity contribution in [3.63, 3.8) is 0 Å². The minimum Gasteiger partial charge on any atom is -0.370 e. The van der Waals surface area contributed by atoms with Crippen molar-refractivity contribution in [2.45, 2.75) is 59.5 Å². The van der Waals surface area contributed by atoms with Crippen LogP contribution in [0.5, 0.6) is 0 Å². The predicted octanol–water partition coefficient (Wildman–Crippen LogP) is 3.29. The highest BCUT2D eigenvalue weighted by molar-refractivity contribution is 5.28. The van der Waals surface area contributed by atoms with E-state index in [-0.39, 0.29) is 6.10 Å². The molecular weight excluding hydrogens is 262 g/mol. The van der Waals surface area contributed by atoms with Gasteiger partial charge in [0.05, 0.1) is 0 Å². The normalized spacial score (nSPS) is 20.2. The topological polar surface area (TPSA) is 47.0 Å². The van der Waals surface area contributed by atoms with Crippen LogP contribution in [-0.2, 0) is 4.74 Å². The third-order valence-corrected chi connectivity index (χ3v) is 4.06. The van der Waals surface area contributed by atoms with Crippen LogP contribution in [0.1, 0.15) is 68.4 Å². The zero-order chi connectivity index (χ0) is 15.4. The van der Waals surface area contributed by atoms with Gasteiger partial charge >= 0.3 is 0 Å². The van der Waals surface area contributed by atoms with Crippen molar-refractivity contribution < 1.29 is 4.74 Å². The number of rotatable bonds is 6. The van der Waals surface area contributed by atoms with Crippen LogP contribution in [0.3, 0.4) is 0 Å². The zero-order valence-electron chi connectivity index (χ0n) is 14.1. The summed E-state index contributed by atoms with van der Waals surface area (Å²) in [6.07, 6.45) is 2.26. The van der Waals surface area contributed by atoms with Crippen LogP contribution in [0, 0.1) is 19.8 Å². The lowest BCUT2D eigenvalue weighted by molar-refractivity contribution is 0.104. The first kappa shape index (κ1) is 16.4. The number of hydrogen-bond donors (Lipinski definition) is 1. The molecule has 2 rings (SSSR count). The zero-order valence-corrected chi connectivity index (χ0v) is 14.1. The Kier molecular flexibility index (Phi) is 5.71. The van der Waals surface area contributed by atoms with Crippen molar-refractivity contribution in [2.24, 2.45) is 5.92 Å². The molecule has 0 saturated carbocycles. The summed E-state index contributed by atoms with van der Waals surface area (Å²) in [5.74, 6) is 1.98. The highest BCUT2D eigenvalue weighted by Gasteiger charge is 2.23. The SMILES string of the molecule is Cc1nc(C2CCCO2)nc(C)c1C(C)CNCC(C)C. The summed E-state index contributed by atoms with van der Waals surface area (Å²) in [6.45, 7) is 13.8. The first-order valence-corrected chi connectivity index (χ1v) is 8.16. The molecule has 118 valence electrons. The second-order valence-electron chi connectivity index (χ2n) is 6.62. The van der Waals surface area contributed by atoms with Crippen molar-refractivity contribution in [3.05, 3.63) is 22.8 Å². The minimum absolute atomic E-state index is 0.103. The van der Waals surface area contributed by atoms with Crippen LogP contribution in [0.15, 0.2) is 0 Å². The number of nitrogens with one attached hydrogen (secondary N) is 1. The van der Waals surface area contributed by atoms with Gasteiger partial charge < -0.3 is 10.1 Å². The van der Waals surface area contributed by atoms with E-state index in [0.717, 1.165) is 49.8 Å². The number of ether oxygens (including phenoxy) is 1. The van der Waals surface area contributed by atoms with Crippen LogP contribution in [0.2, 0.25) is 0 Å². The number of aromatic nitrogens is 2. The average Bonchev–Trinajstić information content (AvgIpc) is 2.91. The van der Waals surface area contributed by atoms with E-state index >= 15 is 0 Å². The molecule has 2 heterocycles. The van der Waals surface area contributed by atoms with E-state index in [1.165, 1.54) is 5.56 Å². The molecule has 21 heavy (non-hydrogen) atoms. The second-order valence-corrected chi connectivity index (χ2v) is 6.62. The fourth-order valence-electron chi connectivity index (χ4n) is 3.08. The smallest absolute Gasteiger partial charge is 0.157 e. The average molecular weight is 291 g/mol. The van der Waals surface area contributed by atoms with E-state index in [1.54, 1.807) is 0 Å². The van der Waals surface area contributed by atoms with E-state index in [2.05, 4.69) is 39.9 Å². The maximum absolute atomic E-state index is 5.70. The lowest BCUT2D eigenvalue weighted by atomic mass is 9.97. The largest absolute Gasteiger partial charge is 0.370 e. The van der Waals surface area contributed by atoms with E-state index in [4.69, 9.17) is 14.7 Å². The molecule has 1 aromatic heterocycles. The van der Waals surface area contributed by atoms with Crippen molar-refractivity contribution in [1.82, 2.24) is 15.3 Å². The van der Waals surface area contributed by atoms with Crippen LogP contribution >= 0.6 is 0 Å². The predicted molar refractivity (Wildman–Crippen MR) is 85.6 cm³/mol. The fraction of sp³-hybridized carbons (Fsp3) is 0.765. The highest BCUT2D eigenvalue weighted by Crippen LogP contribution is 2.28.